The van der Waals surface area contributed by atoms with Gasteiger partial charge in [-0.15, -0.1) is 0 Å². The fourth-order valence-corrected chi connectivity index (χ4v) is 4.79. The molecule has 1 fully saturated rings. The number of anilines is 1. The SMILES string of the molecule is Cc1ccc(S(=O)(=O)N2CCOCC2)cc1NC(=O)c1ccc2ccccc2c1. The number of carbonyl (C=O) groups is 1. The highest BCUT2D eigenvalue weighted by Crippen LogP contribution is 2.24. The van der Waals surface area contributed by atoms with E-state index in [9.17, 15) is 13.2 Å². The van der Waals surface area contributed by atoms with Gasteiger partial charge in [-0.3, -0.25) is 4.79 Å². The number of morpholine rings is 1. The molecule has 1 heterocycles. The minimum absolute atomic E-state index is 0.166. The first-order chi connectivity index (χ1) is 13.9. The molecule has 1 amide bonds. The van der Waals surface area contributed by atoms with Gasteiger partial charge < -0.3 is 10.1 Å². The van der Waals surface area contributed by atoms with Gasteiger partial charge in [0.25, 0.3) is 5.91 Å². The lowest BCUT2D eigenvalue weighted by molar-refractivity contribution is 0.0730. The highest BCUT2D eigenvalue weighted by molar-refractivity contribution is 7.89. The Balaban J connectivity index is 1.61. The van der Waals surface area contributed by atoms with E-state index >= 15 is 0 Å². The van der Waals surface area contributed by atoms with E-state index in [0.29, 0.717) is 37.6 Å². The molecule has 1 aliphatic heterocycles. The van der Waals surface area contributed by atoms with Crippen molar-refractivity contribution in [3.63, 3.8) is 0 Å². The summed E-state index contributed by atoms with van der Waals surface area (Å²) in [5.41, 5.74) is 1.79. The number of nitrogens with zero attached hydrogens (tertiary/aromatic N) is 1. The molecule has 0 aliphatic carbocycles. The van der Waals surface area contributed by atoms with Gasteiger partial charge in [0.05, 0.1) is 18.1 Å². The highest BCUT2D eigenvalue weighted by Gasteiger charge is 2.27. The lowest BCUT2D eigenvalue weighted by Crippen LogP contribution is -2.40. The van der Waals surface area contributed by atoms with Crippen molar-refractivity contribution in [2.45, 2.75) is 11.8 Å². The van der Waals surface area contributed by atoms with E-state index < -0.39 is 10.0 Å². The van der Waals surface area contributed by atoms with Crippen LogP contribution in [0.5, 0.6) is 0 Å². The number of rotatable bonds is 4. The Morgan fingerprint density at radius 1 is 0.966 bits per heavy atom. The van der Waals surface area contributed by atoms with Gasteiger partial charge in [0, 0.05) is 24.3 Å². The Morgan fingerprint density at radius 3 is 2.45 bits per heavy atom. The summed E-state index contributed by atoms with van der Waals surface area (Å²) in [6, 6.07) is 18.1. The molecule has 0 unspecified atom stereocenters. The smallest absolute Gasteiger partial charge is 0.255 e. The zero-order valence-electron chi connectivity index (χ0n) is 16.1. The molecule has 0 bridgehead atoms. The zero-order chi connectivity index (χ0) is 20.4. The van der Waals surface area contributed by atoms with Crippen LogP contribution in [0.2, 0.25) is 0 Å². The number of nitrogens with one attached hydrogen (secondary N) is 1. The van der Waals surface area contributed by atoms with Crippen LogP contribution in [0.25, 0.3) is 10.8 Å². The van der Waals surface area contributed by atoms with Crippen molar-refractivity contribution >= 4 is 32.4 Å². The third kappa shape index (κ3) is 4.03. The van der Waals surface area contributed by atoms with E-state index in [1.807, 2.05) is 43.3 Å². The minimum Gasteiger partial charge on any atom is -0.379 e. The predicted molar refractivity (Wildman–Crippen MR) is 113 cm³/mol. The van der Waals surface area contributed by atoms with Gasteiger partial charge in [-0.05, 0) is 47.5 Å². The van der Waals surface area contributed by atoms with Crippen LogP contribution in [-0.4, -0.2) is 44.9 Å². The number of fused-ring (bicyclic) bond motifs is 1. The Kier molecular flexibility index (Phi) is 5.36. The van der Waals surface area contributed by atoms with E-state index in [1.165, 1.54) is 10.4 Å². The quantitative estimate of drug-likeness (QED) is 0.715. The standard InChI is InChI=1S/C22H22N2O4S/c1-16-6-9-20(29(26,27)24-10-12-28-13-11-24)15-21(16)23-22(25)19-8-7-17-4-2-3-5-18(17)14-19/h2-9,14-15H,10-13H2,1H3,(H,23,25). The molecule has 6 nitrogen and oxygen atoms in total. The third-order valence-electron chi connectivity index (χ3n) is 5.08. The molecule has 0 atom stereocenters. The lowest BCUT2D eigenvalue weighted by atomic mass is 10.1. The van der Waals surface area contributed by atoms with Crippen LogP contribution in [0.4, 0.5) is 5.69 Å². The molecule has 7 heteroatoms. The molecule has 0 aromatic heterocycles. The maximum Gasteiger partial charge on any atom is 0.255 e. The number of benzene rings is 3. The number of carbonyl (C=O) groups excluding carboxylic acids is 1. The molecule has 1 aliphatic rings. The van der Waals surface area contributed by atoms with E-state index in [1.54, 1.807) is 18.2 Å². The van der Waals surface area contributed by atoms with E-state index in [2.05, 4.69) is 5.32 Å². The monoisotopic (exact) mass is 410 g/mol. The molecular weight excluding hydrogens is 388 g/mol. The number of sulfonamides is 1. The lowest BCUT2D eigenvalue weighted by Gasteiger charge is -2.26. The number of aryl methyl sites for hydroxylation is 1. The van der Waals surface area contributed by atoms with Crippen LogP contribution in [0.1, 0.15) is 15.9 Å². The summed E-state index contributed by atoms with van der Waals surface area (Å²) < 4.78 is 32.5. The molecule has 0 radical (unpaired) electrons. The van der Waals surface area contributed by atoms with Crippen LogP contribution >= 0.6 is 0 Å². The van der Waals surface area contributed by atoms with Crippen LogP contribution in [0.3, 0.4) is 0 Å². The van der Waals surface area contributed by atoms with Crippen LogP contribution in [0.15, 0.2) is 65.6 Å². The second kappa shape index (κ2) is 7.94. The first-order valence-corrected chi connectivity index (χ1v) is 10.9. The Labute approximate surface area is 170 Å². The summed E-state index contributed by atoms with van der Waals surface area (Å²) in [6.45, 7) is 3.26. The van der Waals surface area contributed by atoms with Crippen molar-refractivity contribution in [2.24, 2.45) is 0 Å². The zero-order valence-corrected chi connectivity index (χ0v) is 16.9. The highest BCUT2D eigenvalue weighted by atomic mass is 32.2. The number of amides is 1. The number of hydrogen-bond donors (Lipinski definition) is 1. The summed E-state index contributed by atoms with van der Waals surface area (Å²) in [5.74, 6) is -0.278. The summed E-state index contributed by atoms with van der Waals surface area (Å²) in [4.78, 5) is 13.0. The number of hydrogen-bond acceptors (Lipinski definition) is 4. The van der Waals surface area contributed by atoms with Crippen molar-refractivity contribution in [3.8, 4) is 0 Å². The van der Waals surface area contributed by atoms with E-state index in [-0.39, 0.29) is 10.8 Å². The van der Waals surface area contributed by atoms with Crippen molar-refractivity contribution in [2.75, 3.05) is 31.6 Å². The van der Waals surface area contributed by atoms with Gasteiger partial charge in [0.1, 0.15) is 0 Å². The average Bonchev–Trinajstić information content (AvgIpc) is 2.75. The molecular formula is C22H22N2O4S. The maximum atomic E-state index is 12.9. The summed E-state index contributed by atoms with van der Waals surface area (Å²) >= 11 is 0. The molecule has 3 aromatic carbocycles. The minimum atomic E-state index is -3.63. The van der Waals surface area contributed by atoms with E-state index in [4.69, 9.17) is 4.74 Å². The summed E-state index contributed by atoms with van der Waals surface area (Å²) in [7, 11) is -3.63. The molecule has 1 saturated heterocycles. The molecule has 0 saturated carbocycles. The predicted octanol–water partition coefficient (Wildman–Crippen LogP) is 3.42. The van der Waals surface area contributed by atoms with Gasteiger partial charge in [0.2, 0.25) is 10.0 Å². The normalized spacial score (nSPS) is 15.3. The molecule has 3 aromatic rings. The first-order valence-electron chi connectivity index (χ1n) is 9.44. The fraction of sp³-hybridized carbons (Fsp3) is 0.227. The Bertz CT molecular complexity index is 1170. The van der Waals surface area contributed by atoms with Gasteiger partial charge in [0.15, 0.2) is 0 Å². The van der Waals surface area contributed by atoms with Gasteiger partial charge in [-0.25, -0.2) is 8.42 Å². The Morgan fingerprint density at radius 2 is 1.69 bits per heavy atom. The van der Waals surface area contributed by atoms with Crippen LogP contribution < -0.4 is 5.32 Å². The fourth-order valence-electron chi connectivity index (χ4n) is 3.36. The van der Waals surface area contributed by atoms with Crippen LogP contribution in [-0.2, 0) is 14.8 Å². The molecule has 29 heavy (non-hydrogen) atoms. The third-order valence-corrected chi connectivity index (χ3v) is 6.97. The molecule has 4 rings (SSSR count). The largest absolute Gasteiger partial charge is 0.379 e. The first kappa shape index (κ1) is 19.6. The number of ether oxygens (including phenoxy) is 1. The summed E-state index contributed by atoms with van der Waals surface area (Å²) in [5, 5.41) is 4.89. The second-order valence-electron chi connectivity index (χ2n) is 7.01. The van der Waals surface area contributed by atoms with Crippen LogP contribution in [0, 0.1) is 6.92 Å². The molecule has 1 N–H and O–H groups in total. The topological polar surface area (TPSA) is 75.7 Å². The Hall–Kier alpha value is -2.74. The van der Waals surface area contributed by atoms with Gasteiger partial charge in [-0.2, -0.15) is 4.31 Å². The maximum absolute atomic E-state index is 12.9. The molecule has 150 valence electrons. The summed E-state index contributed by atoms with van der Waals surface area (Å²) in [6.07, 6.45) is 0. The van der Waals surface area contributed by atoms with Crippen molar-refractivity contribution in [3.05, 3.63) is 71.8 Å². The van der Waals surface area contributed by atoms with Gasteiger partial charge >= 0.3 is 0 Å². The van der Waals surface area contributed by atoms with Crippen molar-refractivity contribution in [1.29, 1.82) is 0 Å². The van der Waals surface area contributed by atoms with Crippen molar-refractivity contribution < 1.29 is 17.9 Å². The second-order valence-corrected chi connectivity index (χ2v) is 8.95. The van der Waals surface area contributed by atoms with Crippen molar-refractivity contribution in [1.82, 2.24) is 4.31 Å². The molecule has 0 spiro atoms. The van der Waals surface area contributed by atoms with E-state index in [0.717, 1.165) is 16.3 Å². The average molecular weight is 410 g/mol. The van der Waals surface area contributed by atoms with Gasteiger partial charge in [-0.1, -0.05) is 36.4 Å².